The molecule has 250 valence electrons. The highest BCUT2D eigenvalue weighted by Gasteiger charge is 2.26. The normalized spacial score (nSPS) is 11.3. The Kier molecular flexibility index (Phi) is 12.4. The smallest absolute Gasteiger partial charge is 0.323 e. The van der Waals surface area contributed by atoms with Crippen LogP contribution < -0.4 is 19.3 Å². The van der Waals surface area contributed by atoms with E-state index in [0.29, 0.717) is 5.56 Å². The summed E-state index contributed by atoms with van der Waals surface area (Å²) in [7, 11) is 1.35. The molecule has 16 heteroatoms. The second-order valence-electron chi connectivity index (χ2n) is 10.1. The van der Waals surface area contributed by atoms with Crippen molar-refractivity contribution in [3.63, 3.8) is 0 Å². The van der Waals surface area contributed by atoms with Gasteiger partial charge in [-0.25, -0.2) is 0 Å². The Morgan fingerprint density at radius 1 is 0.745 bits per heavy atom. The van der Waals surface area contributed by atoms with E-state index in [0.717, 1.165) is 15.4 Å². The van der Waals surface area contributed by atoms with E-state index in [2.05, 4.69) is 0 Å². The van der Waals surface area contributed by atoms with Gasteiger partial charge in [0.05, 0.1) is 21.9 Å². The molecule has 16 nitrogen and oxygen atoms in total. The van der Waals surface area contributed by atoms with Crippen LogP contribution in [0.15, 0.2) is 60.7 Å². The summed E-state index contributed by atoms with van der Waals surface area (Å²) < 4.78 is 17.4. The highest BCUT2D eigenvalue weighted by atomic mass is 16.6. The van der Waals surface area contributed by atoms with Crippen LogP contribution in [0.3, 0.4) is 0 Å². The molecule has 0 aliphatic rings. The van der Waals surface area contributed by atoms with Crippen LogP contribution in [0.1, 0.15) is 22.8 Å². The molecule has 47 heavy (non-hydrogen) atoms. The van der Waals surface area contributed by atoms with Gasteiger partial charge in [-0.3, -0.25) is 29.3 Å². The number of ether oxygens (including phenoxy) is 3. The summed E-state index contributed by atoms with van der Waals surface area (Å²) in [6.45, 7) is -1.20. The van der Waals surface area contributed by atoms with E-state index < -0.39 is 61.1 Å². The Labute approximate surface area is 268 Å². The minimum Gasteiger partial charge on any atom is -0.488 e. The predicted octanol–water partition coefficient (Wildman–Crippen LogP) is 3.05. The van der Waals surface area contributed by atoms with Gasteiger partial charge in [0.25, 0.3) is 5.69 Å². The molecule has 0 heterocycles. The van der Waals surface area contributed by atoms with E-state index in [4.69, 9.17) is 14.2 Å². The van der Waals surface area contributed by atoms with E-state index in [-0.39, 0.29) is 47.3 Å². The summed E-state index contributed by atoms with van der Waals surface area (Å²) in [4.78, 5) is 59.3. The highest BCUT2D eigenvalue weighted by molar-refractivity contribution is 5.82. The monoisotopic (exact) mass is 655 g/mol. The van der Waals surface area contributed by atoms with Crippen molar-refractivity contribution >= 4 is 40.9 Å². The molecule has 0 fully saturated rings. The van der Waals surface area contributed by atoms with Crippen molar-refractivity contribution in [3.8, 4) is 11.5 Å². The molecule has 0 spiro atoms. The molecule has 0 aliphatic heterocycles. The standard InChI is InChI=1S/C31H33N3O13/c1-19-7-9-23(32(15-27(35)36)16-28(37)38)25(13-19)46-11-12-47-26-14-20(8-10-24(26)33(17-29(39)40)18-30(41)42)31(45-2)21-5-3-4-6-22(21)34(43)44/h3-10,13-14,31H,11-12,15-18H2,1-2H3,(H,35,36)(H,37,38)(H,39,40)(H,41,42). The number of anilines is 2. The minimum absolute atomic E-state index is 0.0251. The number of carboxylic acid groups (broad SMARTS) is 4. The molecule has 3 aromatic carbocycles. The van der Waals surface area contributed by atoms with Gasteiger partial charge in [-0.1, -0.05) is 24.3 Å². The predicted molar refractivity (Wildman–Crippen MR) is 166 cm³/mol. The van der Waals surface area contributed by atoms with Crippen molar-refractivity contribution < 1.29 is 58.7 Å². The number of nitro groups is 1. The lowest BCUT2D eigenvalue weighted by Crippen LogP contribution is -2.35. The fraction of sp³-hybridized carbons (Fsp3) is 0.290. The molecule has 3 rings (SSSR count). The third-order valence-electron chi connectivity index (χ3n) is 6.64. The van der Waals surface area contributed by atoms with Crippen LogP contribution in [0.25, 0.3) is 0 Å². The number of methoxy groups -OCH3 is 1. The van der Waals surface area contributed by atoms with E-state index in [1.54, 1.807) is 25.1 Å². The van der Waals surface area contributed by atoms with Crippen molar-refractivity contribution in [2.24, 2.45) is 0 Å². The molecule has 0 radical (unpaired) electrons. The van der Waals surface area contributed by atoms with Gasteiger partial charge < -0.3 is 44.4 Å². The molecule has 1 atom stereocenters. The second kappa shape index (κ2) is 16.4. The van der Waals surface area contributed by atoms with Gasteiger partial charge in [-0.2, -0.15) is 0 Å². The third kappa shape index (κ3) is 10.1. The minimum atomic E-state index is -1.31. The average molecular weight is 656 g/mol. The number of carbonyl (C=O) groups is 4. The summed E-state index contributed by atoms with van der Waals surface area (Å²) in [5.41, 5.74) is 1.46. The number of benzene rings is 3. The lowest BCUT2D eigenvalue weighted by Gasteiger charge is -2.26. The van der Waals surface area contributed by atoms with Crippen molar-refractivity contribution in [3.05, 3.63) is 87.5 Å². The molecule has 3 aromatic rings. The quantitative estimate of drug-likeness (QED) is 0.0827. The summed E-state index contributed by atoms with van der Waals surface area (Å²) >= 11 is 0. The van der Waals surface area contributed by atoms with Crippen molar-refractivity contribution in [1.82, 2.24) is 0 Å². The molecule has 0 saturated carbocycles. The van der Waals surface area contributed by atoms with Crippen molar-refractivity contribution in [1.29, 1.82) is 0 Å². The lowest BCUT2D eigenvalue weighted by molar-refractivity contribution is -0.386. The van der Waals surface area contributed by atoms with Crippen molar-refractivity contribution in [2.75, 3.05) is 56.3 Å². The van der Waals surface area contributed by atoms with Gasteiger partial charge >= 0.3 is 23.9 Å². The molecular weight excluding hydrogens is 622 g/mol. The maximum absolute atomic E-state index is 11.7. The van der Waals surface area contributed by atoms with Gasteiger partial charge in [-0.15, -0.1) is 0 Å². The first-order valence-electron chi connectivity index (χ1n) is 13.9. The second-order valence-corrected chi connectivity index (χ2v) is 10.1. The third-order valence-corrected chi connectivity index (χ3v) is 6.64. The summed E-state index contributed by atoms with van der Waals surface area (Å²) in [6.07, 6.45) is -0.957. The van der Waals surface area contributed by atoms with Crippen LogP contribution in [-0.2, 0) is 23.9 Å². The lowest BCUT2D eigenvalue weighted by atomic mass is 9.99. The van der Waals surface area contributed by atoms with E-state index in [1.165, 1.54) is 49.6 Å². The molecule has 4 N–H and O–H groups in total. The molecule has 0 bridgehead atoms. The molecule has 1 unspecified atom stereocenters. The molecular formula is C31H33N3O13. The summed E-state index contributed by atoms with van der Waals surface area (Å²) in [5.74, 6) is -4.92. The largest absolute Gasteiger partial charge is 0.488 e. The highest BCUT2D eigenvalue weighted by Crippen LogP contribution is 2.37. The zero-order valence-electron chi connectivity index (χ0n) is 25.4. The van der Waals surface area contributed by atoms with Crippen molar-refractivity contribution in [2.45, 2.75) is 13.0 Å². The molecule has 0 amide bonds. The number of carboxylic acids is 4. The van der Waals surface area contributed by atoms with Crippen LogP contribution in [-0.4, -0.2) is 95.7 Å². The first-order valence-corrected chi connectivity index (χ1v) is 13.9. The zero-order valence-corrected chi connectivity index (χ0v) is 25.4. The number of nitrogens with zero attached hydrogens (tertiary/aromatic N) is 3. The van der Waals surface area contributed by atoms with Crippen LogP contribution in [0.5, 0.6) is 11.5 Å². The van der Waals surface area contributed by atoms with E-state index in [9.17, 15) is 49.7 Å². The van der Waals surface area contributed by atoms with Gasteiger partial charge in [0.1, 0.15) is 57.0 Å². The number of hydrogen-bond donors (Lipinski definition) is 4. The average Bonchev–Trinajstić information content (AvgIpc) is 2.98. The van der Waals surface area contributed by atoms with Gasteiger partial charge in [0, 0.05) is 13.2 Å². The Bertz CT molecular complexity index is 1600. The van der Waals surface area contributed by atoms with Crippen LogP contribution >= 0.6 is 0 Å². The Morgan fingerprint density at radius 3 is 1.68 bits per heavy atom. The Morgan fingerprint density at radius 2 is 1.21 bits per heavy atom. The fourth-order valence-electron chi connectivity index (χ4n) is 4.80. The number of nitro benzene ring substituents is 1. The Hall–Kier alpha value is -5.90. The summed E-state index contributed by atoms with van der Waals surface area (Å²) in [5, 5.41) is 49.2. The van der Waals surface area contributed by atoms with Crippen LogP contribution in [0.4, 0.5) is 17.1 Å². The van der Waals surface area contributed by atoms with E-state index in [1.807, 2.05) is 0 Å². The van der Waals surface area contributed by atoms with Gasteiger partial charge in [0.2, 0.25) is 0 Å². The first kappa shape index (κ1) is 35.6. The Balaban J connectivity index is 1.97. The van der Waals surface area contributed by atoms with Crippen LogP contribution in [0.2, 0.25) is 0 Å². The zero-order chi connectivity index (χ0) is 34.7. The number of rotatable bonds is 19. The van der Waals surface area contributed by atoms with Crippen LogP contribution in [0, 0.1) is 17.0 Å². The molecule has 0 aromatic heterocycles. The number of para-hydroxylation sites is 1. The van der Waals surface area contributed by atoms with Gasteiger partial charge in [0.15, 0.2) is 0 Å². The number of aryl methyl sites for hydroxylation is 1. The summed E-state index contributed by atoms with van der Waals surface area (Å²) in [6, 6.07) is 15.1. The topological polar surface area (TPSA) is 227 Å². The molecule has 0 aliphatic carbocycles. The maximum atomic E-state index is 11.7. The van der Waals surface area contributed by atoms with E-state index >= 15 is 0 Å². The first-order chi connectivity index (χ1) is 22.3. The number of hydrogen-bond acceptors (Lipinski definition) is 11. The maximum Gasteiger partial charge on any atom is 0.323 e. The SMILES string of the molecule is COC(c1ccc(N(CC(=O)O)CC(=O)O)c(OCCOc2cc(C)ccc2N(CC(=O)O)CC(=O)O)c1)c1ccccc1[N+](=O)[O-]. The van der Waals surface area contributed by atoms with Gasteiger partial charge in [-0.05, 0) is 48.4 Å². The molecule has 0 saturated heterocycles. The fourth-order valence-corrected chi connectivity index (χ4v) is 4.80. The number of aliphatic carboxylic acids is 4.